The molecular formula is C4H9O2PS. The quantitative estimate of drug-likeness (QED) is 0.555. The molecule has 0 spiro atoms. The molecule has 0 atom stereocenters. The SMILES string of the molecule is CC(C)=CP(O)(O)=S. The highest BCUT2D eigenvalue weighted by Gasteiger charge is 1.98. The zero-order chi connectivity index (χ0) is 6.78. The summed E-state index contributed by atoms with van der Waals surface area (Å²) in [5.74, 6) is 1.31. The van der Waals surface area contributed by atoms with E-state index >= 15 is 0 Å². The maximum Gasteiger partial charge on any atom is 0.206 e. The summed E-state index contributed by atoms with van der Waals surface area (Å²) in [5, 5.41) is 0. The van der Waals surface area contributed by atoms with Crippen LogP contribution in [-0.4, -0.2) is 9.79 Å². The van der Waals surface area contributed by atoms with Crippen LogP contribution in [-0.2, 0) is 11.8 Å². The highest BCUT2D eigenvalue weighted by Crippen LogP contribution is 2.37. The van der Waals surface area contributed by atoms with Crippen molar-refractivity contribution < 1.29 is 9.79 Å². The Balaban J connectivity index is 4.11. The zero-order valence-electron chi connectivity index (χ0n) is 4.83. The van der Waals surface area contributed by atoms with Gasteiger partial charge in [-0.2, -0.15) is 0 Å². The second kappa shape index (κ2) is 2.74. The average molecular weight is 152 g/mol. The first-order valence-corrected chi connectivity index (χ1v) is 4.91. The second-order valence-corrected chi connectivity index (χ2v) is 4.84. The van der Waals surface area contributed by atoms with Crippen molar-refractivity contribution in [2.24, 2.45) is 0 Å². The lowest BCUT2D eigenvalue weighted by Crippen LogP contribution is -1.69. The fraction of sp³-hybridized carbons (Fsp3) is 0.500. The van der Waals surface area contributed by atoms with E-state index in [1.807, 2.05) is 0 Å². The number of allylic oxidation sites excluding steroid dienone is 1. The predicted molar refractivity (Wildman–Crippen MR) is 38.2 cm³/mol. The summed E-state index contributed by atoms with van der Waals surface area (Å²) in [6.45, 7) is 0.492. The standard InChI is InChI=1S/C4H9O2PS/c1-4(2)3-7(5,6)8/h3H,1-2H3,(H2,5,6,8). The van der Waals surface area contributed by atoms with Gasteiger partial charge < -0.3 is 9.79 Å². The van der Waals surface area contributed by atoms with Gasteiger partial charge in [0, 0.05) is 0 Å². The molecule has 0 unspecified atom stereocenters. The fourth-order valence-corrected chi connectivity index (χ4v) is 1.64. The first kappa shape index (κ1) is 8.31. The van der Waals surface area contributed by atoms with Crippen LogP contribution < -0.4 is 0 Å². The maximum atomic E-state index is 8.59. The van der Waals surface area contributed by atoms with Crippen LogP contribution in [0.1, 0.15) is 13.8 Å². The molecule has 0 aliphatic heterocycles. The van der Waals surface area contributed by atoms with Gasteiger partial charge in [0.15, 0.2) is 0 Å². The Labute approximate surface area is 54.0 Å². The van der Waals surface area contributed by atoms with Crippen LogP contribution in [0.25, 0.3) is 0 Å². The molecule has 0 heterocycles. The second-order valence-electron chi connectivity index (χ2n) is 1.80. The molecule has 0 aliphatic carbocycles. The van der Waals surface area contributed by atoms with E-state index in [2.05, 4.69) is 11.8 Å². The molecule has 2 N–H and O–H groups in total. The van der Waals surface area contributed by atoms with Gasteiger partial charge >= 0.3 is 0 Å². The van der Waals surface area contributed by atoms with Crippen LogP contribution in [0.5, 0.6) is 0 Å². The minimum Gasteiger partial charge on any atom is -0.342 e. The van der Waals surface area contributed by atoms with Gasteiger partial charge in [-0.25, -0.2) is 0 Å². The van der Waals surface area contributed by atoms with Gasteiger partial charge in [0.2, 0.25) is 6.49 Å². The molecule has 0 rings (SSSR count). The highest BCUT2D eigenvalue weighted by atomic mass is 32.5. The third-order valence-corrected chi connectivity index (χ3v) is 1.60. The predicted octanol–water partition coefficient (Wildman–Crippen LogP) is 1.20. The fourth-order valence-electron chi connectivity index (χ4n) is 0.336. The molecular weight excluding hydrogens is 143 g/mol. The Morgan fingerprint density at radius 3 is 1.88 bits per heavy atom. The van der Waals surface area contributed by atoms with Crippen molar-refractivity contribution >= 4 is 18.3 Å². The summed E-state index contributed by atoms with van der Waals surface area (Å²) in [6.07, 6.45) is 0. The number of rotatable bonds is 1. The van der Waals surface area contributed by atoms with Gasteiger partial charge in [-0.15, -0.1) is 0 Å². The molecule has 0 radical (unpaired) electrons. The van der Waals surface area contributed by atoms with Crippen LogP contribution in [0, 0.1) is 0 Å². The van der Waals surface area contributed by atoms with E-state index in [0.29, 0.717) is 0 Å². The maximum absolute atomic E-state index is 8.59. The van der Waals surface area contributed by atoms with E-state index in [1.165, 1.54) is 5.82 Å². The van der Waals surface area contributed by atoms with Crippen LogP contribution >= 0.6 is 6.49 Å². The summed E-state index contributed by atoms with van der Waals surface area (Å²) >= 11 is 4.31. The van der Waals surface area contributed by atoms with Crippen molar-refractivity contribution in [2.75, 3.05) is 0 Å². The molecule has 2 nitrogen and oxygen atoms in total. The van der Waals surface area contributed by atoms with E-state index in [1.54, 1.807) is 13.8 Å². The van der Waals surface area contributed by atoms with Crippen LogP contribution in [0.4, 0.5) is 0 Å². The Hall–Kier alpha value is 0.310. The third-order valence-electron chi connectivity index (χ3n) is 0.426. The molecule has 4 heteroatoms. The Kier molecular flexibility index (Phi) is 2.84. The molecule has 0 saturated carbocycles. The van der Waals surface area contributed by atoms with Gasteiger partial charge in [0.05, 0.1) is 0 Å². The largest absolute Gasteiger partial charge is 0.342 e. The lowest BCUT2D eigenvalue weighted by Gasteiger charge is -1.98. The Morgan fingerprint density at radius 2 is 1.88 bits per heavy atom. The molecule has 0 amide bonds. The normalized spacial score (nSPS) is 11.0. The molecule has 0 aromatic rings. The first-order valence-electron chi connectivity index (χ1n) is 2.13. The zero-order valence-corrected chi connectivity index (χ0v) is 6.54. The highest BCUT2D eigenvalue weighted by molar-refractivity contribution is 8.10. The van der Waals surface area contributed by atoms with E-state index in [-0.39, 0.29) is 0 Å². The summed E-state index contributed by atoms with van der Waals surface area (Å²) in [5.41, 5.74) is 0.846. The van der Waals surface area contributed by atoms with Crippen molar-refractivity contribution in [3.63, 3.8) is 0 Å². The smallest absolute Gasteiger partial charge is 0.206 e. The molecule has 0 saturated heterocycles. The lowest BCUT2D eigenvalue weighted by molar-refractivity contribution is 0.492. The van der Waals surface area contributed by atoms with Crippen LogP contribution in [0.2, 0.25) is 0 Å². The molecule has 0 aromatic carbocycles. The van der Waals surface area contributed by atoms with Gasteiger partial charge in [-0.05, 0) is 31.5 Å². The monoisotopic (exact) mass is 152 g/mol. The lowest BCUT2D eigenvalue weighted by atomic mass is 10.4. The minimum absolute atomic E-state index is 0.846. The van der Waals surface area contributed by atoms with Crippen LogP contribution in [0.3, 0.4) is 0 Å². The Morgan fingerprint density at radius 1 is 1.50 bits per heavy atom. The average Bonchev–Trinajstić information content (AvgIpc) is 1.21. The van der Waals surface area contributed by atoms with Crippen LogP contribution in [0.15, 0.2) is 11.4 Å². The van der Waals surface area contributed by atoms with E-state index < -0.39 is 6.49 Å². The number of hydrogen-bond acceptors (Lipinski definition) is 1. The van der Waals surface area contributed by atoms with Crippen molar-refractivity contribution in [1.29, 1.82) is 0 Å². The van der Waals surface area contributed by atoms with Gasteiger partial charge in [-0.3, -0.25) is 0 Å². The molecule has 0 fully saturated rings. The van der Waals surface area contributed by atoms with Crippen molar-refractivity contribution in [2.45, 2.75) is 13.8 Å². The molecule has 0 aliphatic rings. The third kappa shape index (κ3) is 6.31. The molecule has 0 aromatic heterocycles. The van der Waals surface area contributed by atoms with Gasteiger partial charge in [0.25, 0.3) is 0 Å². The number of hydrogen-bond donors (Lipinski definition) is 2. The first-order chi connectivity index (χ1) is 3.42. The van der Waals surface area contributed by atoms with Crippen molar-refractivity contribution in [3.05, 3.63) is 11.4 Å². The topological polar surface area (TPSA) is 40.5 Å². The summed E-state index contributed by atoms with van der Waals surface area (Å²) in [6, 6.07) is 0. The molecule has 8 heavy (non-hydrogen) atoms. The summed E-state index contributed by atoms with van der Waals surface area (Å²) in [7, 11) is 0. The summed E-state index contributed by atoms with van der Waals surface area (Å²) < 4.78 is 0. The van der Waals surface area contributed by atoms with E-state index in [0.717, 1.165) is 5.57 Å². The summed E-state index contributed by atoms with van der Waals surface area (Å²) in [4.78, 5) is 17.2. The molecule has 0 bridgehead atoms. The van der Waals surface area contributed by atoms with E-state index in [4.69, 9.17) is 9.79 Å². The van der Waals surface area contributed by atoms with Crippen molar-refractivity contribution in [3.8, 4) is 0 Å². The van der Waals surface area contributed by atoms with E-state index in [9.17, 15) is 0 Å². The molecule has 48 valence electrons. The van der Waals surface area contributed by atoms with Gasteiger partial charge in [-0.1, -0.05) is 5.57 Å². The van der Waals surface area contributed by atoms with Gasteiger partial charge in [0.1, 0.15) is 0 Å². The Bertz CT molecular complexity index is 142. The minimum atomic E-state index is -3.05. The van der Waals surface area contributed by atoms with Crippen molar-refractivity contribution in [1.82, 2.24) is 0 Å².